The predicted molar refractivity (Wildman–Crippen MR) is 60.4 cm³/mol. The van der Waals surface area contributed by atoms with Crippen molar-refractivity contribution in [1.82, 2.24) is 0 Å². The number of nitrogens with two attached hydrogens (primary N) is 1. The molecule has 5 heteroatoms. The Morgan fingerprint density at radius 2 is 2.00 bits per heavy atom. The molecule has 0 aliphatic heterocycles. The lowest BCUT2D eigenvalue weighted by Crippen LogP contribution is -2.21. The van der Waals surface area contributed by atoms with Gasteiger partial charge in [0.1, 0.15) is 11.9 Å². The maximum atomic E-state index is 9.71. The summed E-state index contributed by atoms with van der Waals surface area (Å²) in [6, 6.07) is 4.71. The Morgan fingerprint density at radius 1 is 1.33 bits per heavy atom. The van der Waals surface area contributed by atoms with E-state index in [1.807, 2.05) is 0 Å². The highest BCUT2D eigenvalue weighted by Gasteiger charge is 2.20. The minimum absolute atomic E-state index is 0.0482. The van der Waals surface area contributed by atoms with E-state index in [2.05, 4.69) is 15.9 Å². The van der Waals surface area contributed by atoms with Gasteiger partial charge in [0, 0.05) is 10.0 Å². The summed E-state index contributed by atoms with van der Waals surface area (Å²) >= 11 is 3.19. The molecule has 0 saturated heterocycles. The second-order valence-corrected chi connectivity index (χ2v) is 4.21. The van der Waals surface area contributed by atoms with Crippen LogP contribution in [-0.4, -0.2) is 28.0 Å². The summed E-state index contributed by atoms with van der Waals surface area (Å²) in [4.78, 5) is 0. The first-order chi connectivity index (χ1) is 7.06. The van der Waals surface area contributed by atoms with Crippen LogP contribution in [-0.2, 0) is 0 Å². The van der Waals surface area contributed by atoms with Crippen LogP contribution in [0.2, 0.25) is 0 Å². The number of phenols is 1. The second kappa shape index (κ2) is 5.46. The number of hydrogen-bond donors (Lipinski definition) is 4. The lowest BCUT2D eigenvalue weighted by molar-refractivity contribution is 0.0137. The number of benzene rings is 1. The molecule has 1 rings (SSSR count). The summed E-state index contributed by atoms with van der Waals surface area (Å²) in [5, 5.41) is 28.8. The summed E-state index contributed by atoms with van der Waals surface area (Å²) in [6.45, 7) is 0.287. The van der Waals surface area contributed by atoms with Gasteiger partial charge in [0.15, 0.2) is 0 Å². The molecule has 84 valence electrons. The zero-order chi connectivity index (χ0) is 11.4. The van der Waals surface area contributed by atoms with Crippen LogP contribution in [0.1, 0.15) is 18.1 Å². The van der Waals surface area contributed by atoms with Crippen LogP contribution in [0.3, 0.4) is 0 Å². The van der Waals surface area contributed by atoms with Crippen LogP contribution in [0.25, 0.3) is 0 Å². The minimum Gasteiger partial charge on any atom is -0.508 e. The van der Waals surface area contributed by atoms with E-state index in [-0.39, 0.29) is 18.7 Å². The Kier molecular flexibility index (Phi) is 4.53. The molecular formula is C10H14BrNO3. The van der Waals surface area contributed by atoms with E-state index < -0.39 is 12.2 Å². The lowest BCUT2D eigenvalue weighted by atomic mass is 10.0. The van der Waals surface area contributed by atoms with Gasteiger partial charge >= 0.3 is 0 Å². The highest BCUT2D eigenvalue weighted by molar-refractivity contribution is 9.10. The molecule has 4 nitrogen and oxygen atoms in total. The molecule has 0 bridgehead atoms. The molecule has 0 aliphatic carbocycles. The summed E-state index contributed by atoms with van der Waals surface area (Å²) in [6.07, 6.45) is -1.78. The summed E-state index contributed by atoms with van der Waals surface area (Å²) in [5.41, 5.74) is 5.57. The van der Waals surface area contributed by atoms with Crippen molar-refractivity contribution in [3.8, 4) is 5.75 Å². The Balaban J connectivity index is 2.86. The van der Waals surface area contributed by atoms with E-state index in [0.29, 0.717) is 10.0 Å². The molecule has 2 unspecified atom stereocenters. The maximum absolute atomic E-state index is 9.71. The van der Waals surface area contributed by atoms with Crippen molar-refractivity contribution in [2.75, 3.05) is 6.54 Å². The first-order valence-corrected chi connectivity index (χ1v) is 5.40. The van der Waals surface area contributed by atoms with Crippen LogP contribution in [0, 0.1) is 0 Å². The number of halogens is 1. The van der Waals surface area contributed by atoms with Gasteiger partial charge in [0.05, 0.1) is 6.10 Å². The van der Waals surface area contributed by atoms with Gasteiger partial charge in [-0.3, -0.25) is 0 Å². The number of hydrogen-bond acceptors (Lipinski definition) is 4. The third-order valence-corrected chi connectivity index (χ3v) is 2.63. The van der Waals surface area contributed by atoms with Gasteiger partial charge in [-0.15, -0.1) is 0 Å². The summed E-state index contributed by atoms with van der Waals surface area (Å²) < 4.78 is 0.712. The van der Waals surface area contributed by atoms with Gasteiger partial charge in [-0.25, -0.2) is 0 Å². The maximum Gasteiger partial charge on any atom is 0.122 e. The van der Waals surface area contributed by atoms with Crippen LogP contribution in [0.15, 0.2) is 22.7 Å². The largest absolute Gasteiger partial charge is 0.508 e. The van der Waals surface area contributed by atoms with E-state index in [4.69, 9.17) is 5.73 Å². The number of aliphatic hydroxyl groups excluding tert-OH is 2. The van der Waals surface area contributed by atoms with Gasteiger partial charge in [0.25, 0.3) is 0 Å². The van der Waals surface area contributed by atoms with E-state index in [1.165, 1.54) is 6.07 Å². The topological polar surface area (TPSA) is 86.7 Å². The molecule has 5 N–H and O–H groups in total. The van der Waals surface area contributed by atoms with Gasteiger partial charge in [-0.2, -0.15) is 0 Å². The molecular weight excluding hydrogens is 262 g/mol. The van der Waals surface area contributed by atoms with E-state index in [9.17, 15) is 15.3 Å². The third-order valence-electron chi connectivity index (χ3n) is 2.14. The average molecular weight is 276 g/mol. The van der Waals surface area contributed by atoms with Crippen molar-refractivity contribution < 1.29 is 15.3 Å². The van der Waals surface area contributed by atoms with Crippen LogP contribution >= 0.6 is 15.9 Å². The van der Waals surface area contributed by atoms with Crippen LogP contribution in [0.5, 0.6) is 5.75 Å². The Labute approximate surface area is 96.5 Å². The number of aromatic hydroxyl groups is 1. The van der Waals surface area contributed by atoms with E-state index >= 15 is 0 Å². The van der Waals surface area contributed by atoms with Gasteiger partial charge in [-0.05, 0) is 25.1 Å². The quantitative estimate of drug-likeness (QED) is 0.658. The van der Waals surface area contributed by atoms with Crippen molar-refractivity contribution >= 4 is 15.9 Å². The van der Waals surface area contributed by atoms with Gasteiger partial charge in [-0.1, -0.05) is 22.0 Å². The third kappa shape index (κ3) is 3.17. The number of phenolic OH excluding ortho intramolecular Hbond substituents is 1. The first kappa shape index (κ1) is 12.4. The van der Waals surface area contributed by atoms with Crippen molar-refractivity contribution in [3.63, 3.8) is 0 Å². The normalized spacial score (nSPS) is 14.9. The standard InChI is InChI=1S/C10H14BrNO3/c11-6-1-2-7(9(14)5-6)10(15)8(13)3-4-12/h1-2,5,8,10,13-15H,3-4,12H2. The molecule has 1 aromatic carbocycles. The smallest absolute Gasteiger partial charge is 0.122 e. The number of rotatable bonds is 4. The van der Waals surface area contributed by atoms with Crippen molar-refractivity contribution in [2.24, 2.45) is 5.73 Å². The molecule has 0 fully saturated rings. The fourth-order valence-corrected chi connectivity index (χ4v) is 1.65. The lowest BCUT2D eigenvalue weighted by Gasteiger charge is -2.18. The first-order valence-electron chi connectivity index (χ1n) is 4.61. The molecule has 0 aromatic heterocycles. The summed E-state index contributed by atoms with van der Waals surface area (Å²) in [5.74, 6) is -0.0482. The van der Waals surface area contributed by atoms with Crippen molar-refractivity contribution in [3.05, 3.63) is 28.2 Å². The van der Waals surface area contributed by atoms with Gasteiger partial charge < -0.3 is 21.1 Å². The molecule has 0 aliphatic rings. The molecule has 0 radical (unpaired) electrons. The summed E-state index contributed by atoms with van der Waals surface area (Å²) in [7, 11) is 0. The highest BCUT2D eigenvalue weighted by Crippen LogP contribution is 2.29. The molecule has 0 heterocycles. The fourth-order valence-electron chi connectivity index (χ4n) is 1.30. The van der Waals surface area contributed by atoms with E-state index in [1.54, 1.807) is 12.1 Å². The molecule has 0 saturated carbocycles. The van der Waals surface area contributed by atoms with Crippen LogP contribution < -0.4 is 5.73 Å². The molecule has 0 amide bonds. The molecule has 0 spiro atoms. The SMILES string of the molecule is NCCC(O)C(O)c1ccc(Br)cc1O. The zero-order valence-electron chi connectivity index (χ0n) is 8.10. The predicted octanol–water partition coefficient (Wildman–Crippen LogP) is 0.898. The highest BCUT2D eigenvalue weighted by atomic mass is 79.9. The zero-order valence-corrected chi connectivity index (χ0v) is 9.68. The van der Waals surface area contributed by atoms with Crippen molar-refractivity contribution in [2.45, 2.75) is 18.6 Å². The Bertz CT molecular complexity index is 332. The fraction of sp³-hybridized carbons (Fsp3) is 0.400. The van der Waals surface area contributed by atoms with Crippen LogP contribution in [0.4, 0.5) is 0 Å². The van der Waals surface area contributed by atoms with Gasteiger partial charge in [0.2, 0.25) is 0 Å². The number of aliphatic hydroxyl groups is 2. The Morgan fingerprint density at radius 3 is 2.53 bits per heavy atom. The molecule has 15 heavy (non-hydrogen) atoms. The van der Waals surface area contributed by atoms with E-state index in [0.717, 1.165) is 0 Å². The second-order valence-electron chi connectivity index (χ2n) is 3.29. The average Bonchev–Trinajstić information content (AvgIpc) is 2.17. The molecule has 2 atom stereocenters. The Hall–Kier alpha value is -0.620. The monoisotopic (exact) mass is 275 g/mol. The molecule has 1 aromatic rings. The van der Waals surface area contributed by atoms with Crippen molar-refractivity contribution in [1.29, 1.82) is 0 Å². The minimum atomic E-state index is -1.11.